The number of aliphatic hydroxyl groups excluding tert-OH is 3. The van der Waals surface area contributed by atoms with E-state index in [-0.39, 0.29) is 18.8 Å². The van der Waals surface area contributed by atoms with Gasteiger partial charge in [-0.1, -0.05) is 18.2 Å². The van der Waals surface area contributed by atoms with Gasteiger partial charge in [0.2, 0.25) is 0 Å². The summed E-state index contributed by atoms with van der Waals surface area (Å²) in [5, 5.41) is 38.3. The molecule has 5 heteroatoms. The first-order valence-corrected chi connectivity index (χ1v) is 5.54. The molecule has 1 aliphatic rings. The van der Waals surface area contributed by atoms with Crippen LogP contribution in [0.25, 0.3) is 0 Å². The van der Waals surface area contributed by atoms with E-state index < -0.39 is 24.4 Å². The van der Waals surface area contributed by atoms with Gasteiger partial charge >= 0.3 is 0 Å². The van der Waals surface area contributed by atoms with Crippen LogP contribution >= 0.6 is 0 Å². The van der Waals surface area contributed by atoms with E-state index in [1.807, 2.05) is 0 Å². The predicted octanol–water partition coefficient (Wildman–Crippen LogP) is -0.0637. The Kier molecular flexibility index (Phi) is 3.63. The predicted molar refractivity (Wildman–Crippen MR) is 59.4 cm³/mol. The summed E-state index contributed by atoms with van der Waals surface area (Å²) < 4.78 is 5.47. The average Bonchev–Trinajstić information content (AvgIpc) is 2.33. The van der Waals surface area contributed by atoms with Crippen LogP contribution in [0.15, 0.2) is 24.3 Å². The van der Waals surface area contributed by atoms with Crippen molar-refractivity contribution in [3.8, 4) is 5.75 Å². The first-order chi connectivity index (χ1) is 8.13. The normalized spacial score (nSPS) is 33.6. The van der Waals surface area contributed by atoms with Crippen molar-refractivity contribution in [2.75, 3.05) is 6.61 Å². The highest BCUT2D eigenvalue weighted by atomic mass is 16.5. The highest BCUT2D eigenvalue weighted by Crippen LogP contribution is 2.35. The Morgan fingerprint density at radius 3 is 2.59 bits per heavy atom. The minimum Gasteiger partial charge on any atom is -0.508 e. The largest absolute Gasteiger partial charge is 0.508 e. The minimum atomic E-state index is -1.11. The molecule has 94 valence electrons. The zero-order valence-electron chi connectivity index (χ0n) is 9.23. The van der Waals surface area contributed by atoms with E-state index in [1.165, 1.54) is 6.07 Å². The second-order valence-corrected chi connectivity index (χ2v) is 4.21. The molecule has 1 aromatic carbocycles. The molecule has 0 aromatic heterocycles. The van der Waals surface area contributed by atoms with Crippen molar-refractivity contribution in [1.29, 1.82) is 0 Å². The maximum atomic E-state index is 9.86. The van der Waals surface area contributed by atoms with Crippen LogP contribution in [0.5, 0.6) is 5.75 Å². The van der Waals surface area contributed by atoms with E-state index in [2.05, 4.69) is 0 Å². The molecule has 1 aromatic rings. The first-order valence-electron chi connectivity index (χ1n) is 5.54. The van der Waals surface area contributed by atoms with E-state index in [0.29, 0.717) is 5.56 Å². The van der Waals surface area contributed by atoms with Crippen LogP contribution in [0.1, 0.15) is 18.1 Å². The Morgan fingerprint density at radius 2 is 1.94 bits per heavy atom. The highest BCUT2D eigenvalue weighted by molar-refractivity contribution is 5.34. The van der Waals surface area contributed by atoms with Gasteiger partial charge in [0.15, 0.2) is 0 Å². The molecule has 2 rings (SSSR count). The van der Waals surface area contributed by atoms with Crippen molar-refractivity contribution in [2.24, 2.45) is 0 Å². The number of hydrogen-bond acceptors (Lipinski definition) is 5. The van der Waals surface area contributed by atoms with Gasteiger partial charge < -0.3 is 25.2 Å². The minimum absolute atomic E-state index is 0.00217. The Balaban J connectivity index is 2.26. The third kappa shape index (κ3) is 2.42. The molecule has 5 nitrogen and oxygen atoms in total. The first kappa shape index (κ1) is 12.3. The van der Waals surface area contributed by atoms with Gasteiger partial charge in [-0.2, -0.15) is 0 Å². The van der Waals surface area contributed by atoms with Crippen LogP contribution in [-0.4, -0.2) is 45.3 Å². The molecule has 0 saturated carbocycles. The summed E-state index contributed by atoms with van der Waals surface area (Å²) in [5.41, 5.74) is 0.414. The van der Waals surface area contributed by atoms with E-state index >= 15 is 0 Å². The monoisotopic (exact) mass is 240 g/mol. The third-order valence-corrected chi connectivity index (χ3v) is 2.99. The summed E-state index contributed by atoms with van der Waals surface area (Å²) in [7, 11) is 0. The summed E-state index contributed by atoms with van der Waals surface area (Å²) in [5.74, 6) is 0.00217. The van der Waals surface area contributed by atoms with Gasteiger partial charge in [-0.15, -0.1) is 0 Å². The molecule has 0 spiro atoms. The van der Waals surface area contributed by atoms with Crippen LogP contribution in [-0.2, 0) is 4.74 Å². The molecule has 1 heterocycles. The van der Waals surface area contributed by atoms with Gasteiger partial charge in [-0.25, -0.2) is 0 Å². The van der Waals surface area contributed by atoms with Crippen LogP contribution in [0.3, 0.4) is 0 Å². The molecular weight excluding hydrogens is 224 g/mol. The molecule has 4 N–H and O–H groups in total. The molecule has 1 saturated heterocycles. The number of ether oxygens (including phenoxy) is 1. The molecule has 0 radical (unpaired) electrons. The Morgan fingerprint density at radius 1 is 1.24 bits per heavy atom. The van der Waals surface area contributed by atoms with Crippen molar-refractivity contribution < 1.29 is 25.2 Å². The number of rotatable bonds is 2. The number of benzene rings is 1. The fourth-order valence-corrected chi connectivity index (χ4v) is 2.06. The SMILES string of the molecule is OCC1CC(O)C(O)C(c2ccccc2O)O1. The van der Waals surface area contributed by atoms with Gasteiger partial charge in [0.05, 0.1) is 18.8 Å². The van der Waals surface area contributed by atoms with Gasteiger partial charge in [0, 0.05) is 12.0 Å². The van der Waals surface area contributed by atoms with Crippen molar-refractivity contribution in [3.63, 3.8) is 0 Å². The summed E-state index contributed by atoms with van der Waals surface area (Å²) >= 11 is 0. The van der Waals surface area contributed by atoms with Crippen LogP contribution < -0.4 is 0 Å². The fraction of sp³-hybridized carbons (Fsp3) is 0.500. The Labute approximate surface area is 98.9 Å². The van der Waals surface area contributed by atoms with E-state index in [0.717, 1.165) is 0 Å². The number of aromatic hydroxyl groups is 1. The number of phenols is 1. The van der Waals surface area contributed by atoms with Gasteiger partial charge in [-0.05, 0) is 6.07 Å². The number of para-hydroxylation sites is 1. The average molecular weight is 240 g/mol. The molecular formula is C12H16O5. The second kappa shape index (κ2) is 5.01. The lowest BCUT2D eigenvalue weighted by Crippen LogP contribution is -2.44. The van der Waals surface area contributed by atoms with E-state index in [1.54, 1.807) is 18.2 Å². The second-order valence-electron chi connectivity index (χ2n) is 4.21. The summed E-state index contributed by atoms with van der Waals surface area (Å²) in [6.45, 7) is -0.228. The zero-order valence-corrected chi connectivity index (χ0v) is 9.23. The molecule has 0 aliphatic carbocycles. The van der Waals surface area contributed by atoms with Crippen molar-refractivity contribution in [2.45, 2.75) is 30.8 Å². The smallest absolute Gasteiger partial charge is 0.121 e. The topological polar surface area (TPSA) is 90.2 Å². The third-order valence-electron chi connectivity index (χ3n) is 2.99. The van der Waals surface area contributed by atoms with Crippen molar-refractivity contribution in [1.82, 2.24) is 0 Å². The lowest BCUT2D eigenvalue weighted by Gasteiger charge is -2.36. The zero-order chi connectivity index (χ0) is 12.4. The van der Waals surface area contributed by atoms with Gasteiger partial charge in [-0.3, -0.25) is 0 Å². The maximum absolute atomic E-state index is 9.86. The van der Waals surface area contributed by atoms with E-state index in [9.17, 15) is 15.3 Å². The standard InChI is InChI=1S/C12H16O5/c13-6-7-5-10(15)11(16)12(17-7)8-3-1-2-4-9(8)14/h1-4,7,10-16H,5-6H2. The lowest BCUT2D eigenvalue weighted by atomic mass is 9.93. The number of aliphatic hydroxyl groups is 3. The van der Waals surface area contributed by atoms with Crippen LogP contribution in [0, 0.1) is 0 Å². The molecule has 4 atom stereocenters. The Bertz CT molecular complexity index is 381. The van der Waals surface area contributed by atoms with E-state index in [4.69, 9.17) is 9.84 Å². The highest BCUT2D eigenvalue weighted by Gasteiger charge is 2.38. The quantitative estimate of drug-likeness (QED) is 0.581. The fourth-order valence-electron chi connectivity index (χ4n) is 2.06. The summed E-state index contributed by atoms with van der Waals surface area (Å²) in [4.78, 5) is 0. The van der Waals surface area contributed by atoms with Crippen molar-refractivity contribution >= 4 is 0 Å². The van der Waals surface area contributed by atoms with Crippen LogP contribution in [0.2, 0.25) is 0 Å². The molecule has 17 heavy (non-hydrogen) atoms. The molecule has 1 aliphatic heterocycles. The van der Waals surface area contributed by atoms with Gasteiger partial charge in [0.1, 0.15) is 18.0 Å². The molecule has 4 unspecified atom stereocenters. The maximum Gasteiger partial charge on any atom is 0.121 e. The number of phenolic OH excluding ortho intramolecular Hbond substituents is 1. The molecule has 1 fully saturated rings. The Hall–Kier alpha value is -1.14. The van der Waals surface area contributed by atoms with Crippen LogP contribution in [0.4, 0.5) is 0 Å². The molecule has 0 bridgehead atoms. The van der Waals surface area contributed by atoms with Crippen molar-refractivity contribution in [3.05, 3.63) is 29.8 Å². The summed E-state index contributed by atoms with van der Waals surface area (Å²) in [6.07, 6.45) is -3.24. The number of hydrogen-bond donors (Lipinski definition) is 4. The lowest BCUT2D eigenvalue weighted by molar-refractivity contribution is -0.180. The van der Waals surface area contributed by atoms with Gasteiger partial charge in [0.25, 0.3) is 0 Å². The summed E-state index contributed by atoms with van der Waals surface area (Å²) in [6, 6.07) is 6.48. The molecule has 0 amide bonds.